The number of nitrogens with one attached hydrogen (secondary N) is 1. The van der Waals surface area contributed by atoms with E-state index in [1.807, 2.05) is 14.0 Å². The summed E-state index contributed by atoms with van der Waals surface area (Å²) in [7, 11) is 1.95. The molecule has 0 amide bonds. The van der Waals surface area contributed by atoms with Crippen molar-refractivity contribution in [2.24, 2.45) is 5.73 Å². The molecule has 1 rings (SSSR count). The van der Waals surface area contributed by atoms with Crippen molar-refractivity contribution in [2.45, 2.75) is 33.2 Å². The summed E-state index contributed by atoms with van der Waals surface area (Å²) in [5, 5.41) is 3.19. The van der Waals surface area contributed by atoms with Gasteiger partial charge in [-0.25, -0.2) is 0 Å². The molecular weight excluding hydrogens is 172 g/mol. The minimum Gasteiger partial charge on any atom is -0.388 e. The molecule has 0 spiro atoms. The number of rotatable bonds is 3. The Kier molecular flexibility index (Phi) is 3.53. The van der Waals surface area contributed by atoms with Crippen LogP contribution in [0, 0.1) is 13.8 Å². The summed E-state index contributed by atoms with van der Waals surface area (Å²) in [5.74, 6) is 0. The first-order valence-corrected chi connectivity index (χ1v) is 5.08. The summed E-state index contributed by atoms with van der Waals surface area (Å²) in [6.45, 7) is 6.35. The van der Waals surface area contributed by atoms with Crippen molar-refractivity contribution in [1.82, 2.24) is 0 Å². The average molecular weight is 192 g/mol. The van der Waals surface area contributed by atoms with Crippen LogP contribution in [0.15, 0.2) is 12.1 Å². The smallest absolute Gasteiger partial charge is 0.0370 e. The van der Waals surface area contributed by atoms with E-state index in [0.29, 0.717) is 0 Å². The Balaban J connectivity index is 3.04. The molecule has 1 aromatic carbocycles. The molecule has 0 aromatic heterocycles. The van der Waals surface area contributed by atoms with Crippen molar-refractivity contribution in [1.29, 1.82) is 0 Å². The molecule has 14 heavy (non-hydrogen) atoms. The number of hydrogen-bond donors (Lipinski definition) is 2. The van der Waals surface area contributed by atoms with Crippen LogP contribution >= 0.6 is 0 Å². The average Bonchev–Trinajstić information content (AvgIpc) is 2.13. The predicted molar refractivity (Wildman–Crippen MR) is 62.8 cm³/mol. The van der Waals surface area contributed by atoms with Crippen LogP contribution in [0.5, 0.6) is 0 Å². The Morgan fingerprint density at radius 1 is 1.29 bits per heavy atom. The van der Waals surface area contributed by atoms with Gasteiger partial charge in [0.1, 0.15) is 0 Å². The summed E-state index contributed by atoms with van der Waals surface area (Å²) >= 11 is 0. The fraction of sp³-hybridized carbons (Fsp3) is 0.500. The Hall–Kier alpha value is -1.02. The monoisotopic (exact) mass is 192 g/mol. The molecular formula is C12H20N2. The molecule has 0 radical (unpaired) electrons. The quantitative estimate of drug-likeness (QED) is 0.770. The van der Waals surface area contributed by atoms with Gasteiger partial charge in [0.2, 0.25) is 0 Å². The van der Waals surface area contributed by atoms with Crippen molar-refractivity contribution in [3.8, 4) is 0 Å². The first-order chi connectivity index (χ1) is 6.56. The largest absolute Gasteiger partial charge is 0.388 e. The molecule has 0 aliphatic carbocycles. The lowest BCUT2D eigenvalue weighted by atomic mass is 9.97. The Morgan fingerprint density at radius 2 is 1.93 bits per heavy atom. The molecule has 0 saturated carbocycles. The molecule has 0 saturated heterocycles. The van der Waals surface area contributed by atoms with Gasteiger partial charge in [0, 0.05) is 18.8 Å². The van der Waals surface area contributed by atoms with Crippen LogP contribution in [-0.2, 0) is 6.42 Å². The third kappa shape index (κ3) is 2.26. The standard InChI is InChI=1S/C12H20N2/c1-8(13)7-11-5-6-12(14-4)10(3)9(11)2/h5-6,8,14H,7,13H2,1-4H3. The summed E-state index contributed by atoms with van der Waals surface area (Å²) in [5.41, 5.74) is 11.0. The molecule has 0 aliphatic rings. The van der Waals surface area contributed by atoms with Crippen molar-refractivity contribution >= 4 is 5.69 Å². The fourth-order valence-electron chi connectivity index (χ4n) is 1.72. The van der Waals surface area contributed by atoms with E-state index >= 15 is 0 Å². The Morgan fingerprint density at radius 3 is 2.43 bits per heavy atom. The van der Waals surface area contributed by atoms with Gasteiger partial charge < -0.3 is 11.1 Å². The summed E-state index contributed by atoms with van der Waals surface area (Å²) in [6, 6.07) is 4.52. The zero-order valence-corrected chi connectivity index (χ0v) is 9.52. The van der Waals surface area contributed by atoms with Gasteiger partial charge in [-0.2, -0.15) is 0 Å². The topological polar surface area (TPSA) is 38.0 Å². The summed E-state index contributed by atoms with van der Waals surface area (Å²) < 4.78 is 0. The van der Waals surface area contributed by atoms with E-state index in [1.54, 1.807) is 0 Å². The number of hydrogen-bond acceptors (Lipinski definition) is 2. The molecule has 78 valence electrons. The van der Waals surface area contributed by atoms with Gasteiger partial charge in [0.25, 0.3) is 0 Å². The number of anilines is 1. The molecule has 0 bridgehead atoms. The highest BCUT2D eigenvalue weighted by Gasteiger charge is 2.06. The SMILES string of the molecule is CNc1ccc(CC(C)N)c(C)c1C. The zero-order valence-electron chi connectivity index (χ0n) is 9.52. The van der Waals surface area contributed by atoms with Gasteiger partial charge in [0.05, 0.1) is 0 Å². The van der Waals surface area contributed by atoms with Crippen molar-refractivity contribution in [3.63, 3.8) is 0 Å². The molecule has 1 unspecified atom stereocenters. The maximum Gasteiger partial charge on any atom is 0.0370 e. The number of benzene rings is 1. The zero-order chi connectivity index (χ0) is 10.7. The van der Waals surface area contributed by atoms with Gasteiger partial charge in [-0.05, 0) is 49.9 Å². The van der Waals surface area contributed by atoms with E-state index in [2.05, 4.69) is 31.3 Å². The molecule has 1 aromatic rings. The predicted octanol–water partition coefficient (Wildman–Crippen LogP) is 2.23. The van der Waals surface area contributed by atoms with Crippen LogP contribution in [0.3, 0.4) is 0 Å². The van der Waals surface area contributed by atoms with Crippen molar-refractivity contribution < 1.29 is 0 Å². The normalized spacial score (nSPS) is 12.6. The fourth-order valence-corrected chi connectivity index (χ4v) is 1.72. The van der Waals surface area contributed by atoms with Gasteiger partial charge in [-0.1, -0.05) is 6.07 Å². The minimum absolute atomic E-state index is 0.230. The lowest BCUT2D eigenvalue weighted by Gasteiger charge is -2.14. The van der Waals surface area contributed by atoms with Crippen LogP contribution in [0.1, 0.15) is 23.6 Å². The van der Waals surface area contributed by atoms with E-state index in [1.165, 1.54) is 22.4 Å². The third-order valence-electron chi connectivity index (χ3n) is 2.71. The summed E-state index contributed by atoms with van der Waals surface area (Å²) in [6.07, 6.45) is 0.955. The van der Waals surface area contributed by atoms with E-state index in [9.17, 15) is 0 Å². The number of nitrogens with two attached hydrogens (primary N) is 1. The summed E-state index contributed by atoms with van der Waals surface area (Å²) in [4.78, 5) is 0. The van der Waals surface area contributed by atoms with E-state index in [4.69, 9.17) is 5.73 Å². The van der Waals surface area contributed by atoms with Crippen molar-refractivity contribution in [2.75, 3.05) is 12.4 Å². The maximum absolute atomic E-state index is 5.80. The van der Waals surface area contributed by atoms with Gasteiger partial charge in [-0.3, -0.25) is 0 Å². The first kappa shape index (κ1) is 11.1. The molecule has 2 nitrogen and oxygen atoms in total. The van der Waals surface area contributed by atoms with Crippen LogP contribution in [0.2, 0.25) is 0 Å². The molecule has 0 fully saturated rings. The third-order valence-corrected chi connectivity index (χ3v) is 2.71. The van der Waals surface area contributed by atoms with Gasteiger partial charge in [0.15, 0.2) is 0 Å². The van der Waals surface area contributed by atoms with Crippen LogP contribution < -0.4 is 11.1 Å². The minimum atomic E-state index is 0.230. The second kappa shape index (κ2) is 4.47. The molecule has 0 aliphatic heterocycles. The van der Waals surface area contributed by atoms with E-state index < -0.39 is 0 Å². The van der Waals surface area contributed by atoms with E-state index in [-0.39, 0.29) is 6.04 Å². The van der Waals surface area contributed by atoms with Crippen LogP contribution in [0.4, 0.5) is 5.69 Å². The molecule has 1 atom stereocenters. The lowest BCUT2D eigenvalue weighted by Crippen LogP contribution is -2.18. The van der Waals surface area contributed by atoms with Crippen molar-refractivity contribution in [3.05, 3.63) is 28.8 Å². The van der Waals surface area contributed by atoms with Gasteiger partial charge >= 0.3 is 0 Å². The van der Waals surface area contributed by atoms with Gasteiger partial charge in [-0.15, -0.1) is 0 Å². The van der Waals surface area contributed by atoms with E-state index in [0.717, 1.165) is 6.42 Å². The second-order valence-electron chi connectivity index (χ2n) is 3.95. The second-order valence-corrected chi connectivity index (χ2v) is 3.95. The Labute approximate surface area is 86.5 Å². The molecule has 2 heteroatoms. The highest BCUT2D eigenvalue weighted by atomic mass is 14.8. The maximum atomic E-state index is 5.80. The lowest BCUT2D eigenvalue weighted by molar-refractivity contribution is 0.734. The first-order valence-electron chi connectivity index (χ1n) is 5.08. The highest BCUT2D eigenvalue weighted by molar-refractivity contribution is 5.55. The van der Waals surface area contributed by atoms with Crippen LogP contribution in [-0.4, -0.2) is 13.1 Å². The Bertz CT molecular complexity index is 316. The molecule has 3 N–H and O–H groups in total. The molecule has 0 heterocycles. The van der Waals surface area contributed by atoms with Crippen LogP contribution in [0.25, 0.3) is 0 Å². The highest BCUT2D eigenvalue weighted by Crippen LogP contribution is 2.22.